The number of para-hydroxylation sites is 1. The summed E-state index contributed by atoms with van der Waals surface area (Å²) in [6, 6.07) is 11.9. The third-order valence-electron chi connectivity index (χ3n) is 2.86. The van der Waals surface area contributed by atoms with Crippen LogP contribution in [0.1, 0.15) is 10.4 Å². The van der Waals surface area contributed by atoms with Crippen LogP contribution in [0.5, 0.6) is 11.5 Å². The molecule has 0 heterocycles. The van der Waals surface area contributed by atoms with Gasteiger partial charge in [-0.2, -0.15) is 0 Å². The third-order valence-corrected chi connectivity index (χ3v) is 2.86. The molecule has 2 rings (SSSR count). The molecule has 8 nitrogen and oxygen atoms in total. The van der Waals surface area contributed by atoms with E-state index in [-0.39, 0.29) is 17.8 Å². The normalized spacial score (nSPS) is 9.83. The molecular weight excluding hydrogens is 316 g/mol. The molecule has 24 heavy (non-hydrogen) atoms. The maximum atomic E-state index is 11.7. The van der Waals surface area contributed by atoms with Gasteiger partial charge >= 0.3 is 12.1 Å². The predicted molar refractivity (Wildman–Crippen MR) is 84.2 cm³/mol. The average molecular weight is 330 g/mol. The number of rotatable bonds is 5. The van der Waals surface area contributed by atoms with Gasteiger partial charge in [-0.3, -0.25) is 4.79 Å². The van der Waals surface area contributed by atoms with E-state index in [1.165, 1.54) is 6.07 Å². The Morgan fingerprint density at radius 2 is 1.75 bits per heavy atom. The van der Waals surface area contributed by atoms with Crippen molar-refractivity contribution in [3.63, 3.8) is 0 Å². The second-order valence-electron chi connectivity index (χ2n) is 4.64. The molecule has 0 atom stereocenters. The molecule has 0 aliphatic heterocycles. The van der Waals surface area contributed by atoms with Crippen LogP contribution in [0, 0.1) is 0 Å². The number of ether oxygens (including phenoxy) is 1. The molecule has 0 aromatic heterocycles. The van der Waals surface area contributed by atoms with Crippen LogP contribution in [0.15, 0.2) is 48.5 Å². The molecule has 2 aromatic rings. The lowest BCUT2D eigenvalue weighted by Gasteiger charge is -2.08. The zero-order chi connectivity index (χ0) is 17.5. The lowest BCUT2D eigenvalue weighted by atomic mass is 10.2. The monoisotopic (exact) mass is 330 g/mol. The van der Waals surface area contributed by atoms with Crippen molar-refractivity contribution in [2.75, 3.05) is 11.9 Å². The summed E-state index contributed by atoms with van der Waals surface area (Å²) in [7, 11) is 0. The van der Waals surface area contributed by atoms with Crippen LogP contribution in [0.3, 0.4) is 0 Å². The van der Waals surface area contributed by atoms with Gasteiger partial charge in [-0.25, -0.2) is 9.59 Å². The molecule has 2 aromatic carbocycles. The van der Waals surface area contributed by atoms with E-state index < -0.39 is 23.7 Å². The summed E-state index contributed by atoms with van der Waals surface area (Å²) < 4.78 is 4.94. The number of carbonyl (C=O) groups is 3. The molecule has 0 bridgehead atoms. The average Bonchev–Trinajstić information content (AvgIpc) is 2.55. The van der Waals surface area contributed by atoms with E-state index in [1.54, 1.807) is 30.3 Å². The zero-order valence-electron chi connectivity index (χ0n) is 12.4. The van der Waals surface area contributed by atoms with Crippen LogP contribution in [0.4, 0.5) is 10.5 Å². The van der Waals surface area contributed by atoms with E-state index in [2.05, 4.69) is 10.6 Å². The minimum absolute atomic E-state index is 0.174. The number of nitrogens with one attached hydrogen (secondary N) is 2. The van der Waals surface area contributed by atoms with Crippen molar-refractivity contribution in [1.29, 1.82) is 0 Å². The van der Waals surface area contributed by atoms with Gasteiger partial charge in [-0.15, -0.1) is 0 Å². The number of amides is 2. The summed E-state index contributed by atoms with van der Waals surface area (Å²) in [6.07, 6.45) is -0.798. The van der Waals surface area contributed by atoms with Crippen LogP contribution in [0.2, 0.25) is 0 Å². The molecule has 0 saturated carbocycles. The Labute approximate surface area is 136 Å². The highest BCUT2D eigenvalue weighted by Crippen LogP contribution is 2.21. The highest BCUT2D eigenvalue weighted by atomic mass is 16.6. The van der Waals surface area contributed by atoms with E-state index >= 15 is 0 Å². The molecule has 0 aliphatic carbocycles. The maximum Gasteiger partial charge on any atom is 0.413 e. The Balaban J connectivity index is 1.86. The standard InChI is InChI=1S/C16H14N2O6/c19-13-7-6-10(8-12(13)15(21)22)18-14(20)9-17-16(23)24-11-4-2-1-3-5-11/h1-8,19H,9H2,(H,17,23)(H,18,20)(H,21,22). The molecule has 2 amide bonds. The van der Waals surface area contributed by atoms with E-state index in [4.69, 9.17) is 9.84 Å². The second kappa shape index (κ2) is 7.63. The zero-order valence-corrected chi connectivity index (χ0v) is 12.4. The molecule has 0 aliphatic rings. The lowest BCUT2D eigenvalue weighted by molar-refractivity contribution is -0.115. The number of carbonyl (C=O) groups excluding carboxylic acids is 2. The van der Waals surface area contributed by atoms with Gasteiger partial charge in [0.25, 0.3) is 0 Å². The van der Waals surface area contributed by atoms with Crippen LogP contribution in [-0.2, 0) is 4.79 Å². The molecule has 0 fully saturated rings. The fraction of sp³-hybridized carbons (Fsp3) is 0.0625. The SMILES string of the molecule is O=C(CNC(=O)Oc1ccccc1)Nc1ccc(O)c(C(=O)O)c1. The highest BCUT2D eigenvalue weighted by Gasteiger charge is 2.12. The summed E-state index contributed by atoms with van der Waals surface area (Å²) >= 11 is 0. The number of hydrogen-bond donors (Lipinski definition) is 4. The fourth-order valence-electron chi connectivity index (χ4n) is 1.77. The minimum atomic E-state index is -1.33. The van der Waals surface area contributed by atoms with Crippen molar-refractivity contribution < 1.29 is 29.3 Å². The van der Waals surface area contributed by atoms with Crippen molar-refractivity contribution in [3.8, 4) is 11.5 Å². The number of carboxylic acid groups (broad SMARTS) is 1. The number of benzene rings is 2. The van der Waals surface area contributed by atoms with E-state index in [0.29, 0.717) is 5.75 Å². The first kappa shape index (κ1) is 16.8. The molecule has 124 valence electrons. The van der Waals surface area contributed by atoms with Crippen molar-refractivity contribution in [3.05, 3.63) is 54.1 Å². The van der Waals surface area contributed by atoms with Gasteiger partial charge in [0.15, 0.2) is 0 Å². The first-order chi connectivity index (χ1) is 11.5. The summed E-state index contributed by atoms with van der Waals surface area (Å²) in [5, 5.41) is 22.9. The third kappa shape index (κ3) is 4.73. The number of carboxylic acids is 1. The van der Waals surface area contributed by atoms with Crippen LogP contribution >= 0.6 is 0 Å². The van der Waals surface area contributed by atoms with Gasteiger partial charge < -0.3 is 25.6 Å². The Kier molecular flexibility index (Phi) is 5.35. The Morgan fingerprint density at radius 3 is 2.42 bits per heavy atom. The maximum absolute atomic E-state index is 11.7. The largest absolute Gasteiger partial charge is 0.507 e. The van der Waals surface area contributed by atoms with Gasteiger partial charge in [-0.1, -0.05) is 18.2 Å². The van der Waals surface area contributed by atoms with Crippen LogP contribution in [0.25, 0.3) is 0 Å². The molecule has 4 N–H and O–H groups in total. The molecule has 0 saturated heterocycles. The fourth-order valence-corrected chi connectivity index (χ4v) is 1.77. The quantitative estimate of drug-likeness (QED) is 0.620. The Hall–Kier alpha value is -3.55. The Bertz CT molecular complexity index is 760. The number of phenols is 1. The van der Waals surface area contributed by atoms with Crippen molar-refractivity contribution in [1.82, 2.24) is 5.32 Å². The first-order valence-electron chi connectivity index (χ1n) is 6.82. The first-order valence-corrected chi connectivity index (χ1v) is 6.82. The van der Waals surface area contributed by atoms with E-state index in [1.807, 2.05) is 0 Å². The summed E-state index contributed by atoms with van der Waals surface area (Å²) in [4.78, 5) is 34.2. The van der Waals surface area contributed by atoms with Gasteiger partial charge in [0, 0.05) is 5.69 Å². The van der Waals surface area contributed by atoms with Crippen LogP contribution in [-0.4, -0.2) is 34.7 Å². The van der Waals surface area contributed by atoms with Gasteiger partial charge in [-0.05, 0) is 30.3 Å². The summed E-state index contributed by atoms with van der Waals surface area (Å²) in [6.45, 7) is -0.366. The number of anilines is 1. The van der Waals surface area contributed by atoms with Crippen LogP contribution < -0.4 is 15.4 Å². The summed E-state index contributed by atoms with van der Waals surface area (Å²) in [5.41, 5.74) is -0.169. The Morgan fingerprint density at radius 1 is 1.04 bits per heavy atom. The number of hydrogen-bond acceptors (Lipinski definition) is 5. The molecular formula is C16H14N2O6. The molecule has 0 unspecified atom stereocenters. The second-order valence-corrected chi connectivity index (χ2v) is 4.64. The van der Waals surface area contributed by atoms with Crippen molar-refractivity contribution in [2.45, 2.75) is 0 Å². The molecule has 0 radical (unpaired) electrons. The van der Waals surface area contributed by atoms with E-state index in [9.17, 15) is 19.5 Å². The highest BCUT2D eigenvalue weighted by molar-refractivity contribution is 5.97. The minimum Gasteiger partial charge on any atom is -0.507 e. The van der Waals surface area contributed by atoms with Gasteiger partial charge in [0.2, 0.25) is 5.91 Å². The number of aromatic hydroxyl groups is 1. The number of aromatic carboxylic acids is 1. The van der Waals surface area contributed by atoms with Crippen molar-refractivity contribution in [2.24, 2.45) is 0 Å². The molecule has 0 spiro atoms. The smallest absolute Gasteiger partial charge is 0.413 e. The van der Waals surface area contributed by atoms with Gasteiger partial charge in [0.1, 0.15) is 23.6 Å². The van der Waals surface area contributed by atoms with Gasteiger partial charge in [0.05, 0.1) is 0 Å². The topological polar surface area (TPSA) is 125 Å². The lowest BCUT2D eigenvalue weighted by Crippen LogP contribution is -2.34. The van der Waals surface area contributed by atoms with E-state index in [0.717, 1.165) is 12.1 Å². The van der Waals surface area contributed by atoms with Crippen molar-refractivity contribution >= 4 is 23.7 Å². The predicted octanol–water partition coefficient (Wildman–Crippen LogP) is 1.82. The summed E-state index contributed by atoms with van der Waals surface area (Å²) in [5.74, 6) is -1.99. The molecule has 8 heteroatoms.